The number of rotatable bonds is 9. The third-order valence-electron chi connectivity index (χ3n) is 6.92. The predicted octanol–water partition coefficient (Wildman–Crippen LogP) is 3.31. The fourth-order valence-electron chi connectivity index (χ4n) is 4.95. The second kappa shape index (κ2) is 11.4. The van der Waals surface area contributed by atoms with Crippen LogP contribution in [0.2, 0.25) is 0 Å². The number of carboxylic acid groups (broad SMARTS) is 1. The molecule has 0 radical (unpaired) electrons. The normalized spacial score (nSPS) is 15.8. The van der Waals surface area contributed by atoms with E-state index in [4.69, 9.17) is 9.84 Å². The lowest BCUT2D eigenvalue weighted by Crippen LogP contribution is -2.47. The van der Waals surface area contributed by atoms with E-state index in [-0.39, 0.29) is 24.3 Å². The summed E-state index contributed by atoms with van der Waals surface area (Å²) in [5, 5.41) is 11.7. The number of likely N-dealkylation sites (tertiary alicyclic amines) is 1. The van der Waals surface area contributed by atoms with Crippen LogP contribution < -0.4 is 5.32 Å². The van der Waals surface area contributed by atoms with Gasteiger partial charge in [-0.25, -0.2) is 4.79 Å². The molecule has 1 heterocycles. The standard InChI is InChI=1S/C27H33N3O5/c1-29(14-6-11-26(32)33)25(31)17-30-15-12-19(13-16-30)28-27(34)35-18-24-22-9-4-2-7-20(22)21-8-3-5-10-23(21)24/h2-5,7-10,19,24H,6,11-18H2,1H3,(H,28,34)(H,32,33). The molecule has 8 nitrogen and oxygen atoms in total. The molecule has 2 amide bonds. The fourth-order valence-corrected chi connectivity index (χ4v) is 4.95. The topological polar surface area (TPSA) is 99.2 Å². The first-order chi connectivity index (χ1) is 16.9. The molecule has 0 bridgehead atoms. The van der Waals surface area contributed by atoms with Crippen molar-refractivity contribution < 1.29 is 24.2 Å². The van der Waals surface area contributed by atoms with Gasteiger partial charge in [-0.3, -0.25) is 14.5 Å². The first-order valence-electron chi connectivity index (χ1n) is 12.2. The summed E-state index contributed by atoms with van der Waals surface area (Å²) < 4.78 is 5.65. The quantitative estimate of drug-likeness (QED) is 0.573. The molecule has 8 heteroatoms. The molecule has 0 unspecified atom stereocenters. The Balaban J connectivity index is 1.20. The molecule has 0 aromatic heterocycles. The minimum atomic E-state index is -0.850. The van der Waals surface area contributed by atoms with Crippen LogP contribution in [0.25, 0.3) is 11.1 Å². The van der Waals surface area contributed by atoms with Crippen LogP contribution in [0.5, 0.6) is 0 Å². The van der Waals surface area contributed by atoms with Crippen LogP contribution >= 0.6 is 0 Å². The maximum absolute atomic E-state index is 12.5. The second-order valence-corrected chi connectivity index (χ2v) is 9.33. The van der Waals surface area contributed by atoms with Gasteiger partial charge in [0, 0.05) is 45.1 Å². The number of benzene rings is 2. The van der Waals surface area contributed by atoms with Crippen molar-refractivity contribution in [3.05, 3.63) is 59.7 Å². The Bertz CT molecular complexity index is 1020. The number of hydrogen-bond acceptors (Lipinski definition) is 5. The molecule has 2 aliphatic rings. The van der Waals surface area contributed by atoms with Crippen LogP contribution in [-0.2, 0) is 14.3 Å². The highest BCUT2D eigenvalue weighted by Gasteiger charge is 2.29. The maximum Gasteiger partial charge on any atom is 0.407 e. The third kappa shape index (κ3) is 6.19. The first-order valence-corrected chi connectivity index (χ1v) is 12.2. The third-order valence-corrected chi connectivity index (χ3v) is 6.92. The largest absolute Gasteiger partial charge is 0.481 e. The molecule has 1 aliphatic heterocycles. The van der Waals surface area contributed by atoms with Gasteiger partial charge in [-0.15, -0.1) is 0 Å². The van der Waals surface area contributed by atoms with Crippen LogP contribution in [0.1, 0.15) is 42.7 Å². The van der Waals surface area contributed by atoms with Gasteiger partial charge in [-0.05, 0) is 41.5 Å². The Hall–Kier alpha value is -3.39. The van der Waals surface area contributed by atoms with Gasteiger partial charge < -0.3 is 20.1 Å². The number of hydrogen-bond donors (Lipinski definition) is 2. The van der Waals surface area contributed by atoms with Crippen molar-refractivity contribution in [1.29, 1.82) is 0 Å². The van der Waals surface area contributed by atoms with Gasteiger partial charge in [0.1, 0.15) is 6.61 Å². The van der Waals surface area contributed by atoms with E-state index in [0.29, 0.717) is 39.2 Å². The summed E-state index contributed by atoms with van der Waals surface area (Å²) in [6.07, 6.45) is 1.61. The molecule has 1 aliphatic carbocycles. The molecular formula is C27H33N3O5. The first kappa shape index (κ1) is 24.7. The van der Waals surface area contributed by atoms with Gasteiger partial charge >= 0.3 is 12.1 Å². The summed E-state index contributed by atoms with van der Waals surface area (Å²) in [7, 11) is 1.70. The monoisotopic (exact) mass is 479 g/mol. The molecule has 2 N–H and O–H groups in total. The van der Waals surface area contributed by atoms with Gasteiger partial charge in [0.05, 0.1) is 6.54 Å². The molecule has 0 spiro atoms. The van der Waals surface area contributed by atoms with Crippen LogP contribution in [0.4, 0.5) is 4.79 Å². The van der Waals surface area contributed by atoms with E-state index in [1.54, 1.807) is 11.9 Å². The van der Waals surface area contributed by atoms with Crippen LogP contribution in [0.3, 0.4) is 0 Å². The zero-order valence-corrected chi connectivity index (χ0v) is 20.1. The number of nitrogens with one attached hydrogen (secondary N) is 1. The van der Waals surface area contributed by atoms with E-state index in [2.05, 4.69) is 34.5 Å². The van der Waals surface area contributed by atoms with E-state index < -0.39 is 12.1 Å². The summed E-state index contributed by atoms with van der Waals surface area (Å²) in [6, 6.07) is 16.5. The molecule has 0 atom stereocenters. The van der Waals surface area contributed by atoms with E-state index in [1.807, 2.05) is 24.3 Å². The number of fused-ring (bicyclic) bond motifs is 3. The number of aliphatic carboxylic acids is 1. The van der Waals surface area contributed by atoms with Crippen LogP contribution in [-0.4, -0.2) is 78.8 Å². The number of carbonyl (C=O) groups is 3. The van der Waals surface area contributed by atoms with Gasteiger partial charge in [-0.2, -0.15) is 0 Å². The molecule has 1 saturated heterocycles. The summed E-state index contributed by atoms with van der Waals surface area (Å²) in [6.45, 7) is 2.46. The fraction of sp³-hybridized carbons (Fsp3) is 0.444. The number of carboxylic acids is 1. The average Bonchev–Trinajstić information content (AvgIpc) is 3.17. The van der Waals surface area contributed by atoms with Crippen molar-refractivity contribution >= 4 is 18.0 Å². The Labute approximate surface area is 205 Å². The van der Waals surface area contributed by atoms with Gasteiger partial charge in [0.15, 0.2) is 0 Å². The van der Waals surface area contributed by atoms with Crippen LogP contribution in [0.15, 0.2) is 48.5 Å². The second-order valence-electron chi connectivity index (χ2n) is 9.33. The molecular weight excluding hydrogens is 446 g/mol. The number of piperidine rings is 1. The summed E-state index contributed by atoms with van der Waals surface area (Å²) >= 11 is 0. The Morgan fingerprint density at radius 1 is 1.03 bits per heavy atom. The van der Waals surface area contributed by atoms with Gasteiger partial charge in [0.2, 0.25) is 5.91 Å². The smallest absolute Gasteiger partial charge is 0.407 e. The highest BCUT2D eigenvalue weighted by molar-refractivity contribution is 5.79. The lowest BCUT2D eigenvalue weighted by Gasteiger charge is -2.32. The highest BCUT2D eigenvalue weighted by atomic mass is 16.5. The van der Waals surface area contributed by atoms with E-state index in [0.717, 1.165) is 12.8 Å². The lowest BCUT2D eigenvalue weighted by atomic mass is 9.98. The average molecular weight is 480 g/mol. The van der Waals surface area contributed by atoms with E-state index in [9.17, 15) is 14.4 Å². The van der Waals surface area contributed by atoms with Crippen molar-refractivity contribution in [2.75, 3.05) is 39.8 Å². The van der Waals surface area contributed by atoms with Gasteiger partial charge in [-0.1, -0.05) is 48.5 Å². The SMILES string of the molecule is CN(CCCC(=O)O)C(=O)CN1CCC(NC(=O)OCC2c3ccccc3-c3ccccc32)CC1. The minimum absolute atomic E-state index is 0.0154. The number of likely N-dealkylation sites (N-methyl/N-ethyl adjacent to an activating group) is 1. The number of amides is 2. The van der Waals surface area contributed by atoms with Crippen molar-refractivity contribution in [2.45, 2.75) is 37.6 Å². The molecule has 2 aromatic carbocycles. The molecule has 186 valence electrons. The van der Waals surface area contributed by atoms with E-state index in [1.165, 1.54) is 22.3 Å². The van der Waals surface area contributed by atoms with Crippen molar-refractivity contribution in [2.24, 2.45) is 0 Å². The van der Waals surface area contributed by atoms with Gasteiger partial charge in [0.25, 0.3) is 0 Å². The Kier molecular flexibility index (Phi) is 8.02. The lowest BCUT2D eigenvalue weighted by molar-refractivity contribution is -0.138. The van der Waals surface area contributed by atoms with Crippen molar-refractivity contribution in [1.82, 2.24) is 15.1 Å². The molecule has 1 fully saturated rings. The Morgan fingerprint density at radius 2 is 1.63 bits per heavy atom. The number of nitrogens with zero attached hydrogens (tertiary/aromatic N) is 2. The predicted molar refractivity (Wildman–Crippen MR) is 132 cm³/mol. The zero-order valence-electron chi connectivity index (χ0n) is 20.1. The Morgan fingerprint density at radius 3 is 2.23 bits per heavy atom. The number of alkyl carbamates (subject to hydrolysis) is 1. The zero-order chi connectivity index (χ0) is 24.8. The molecule has 4 rings (SSSR count). The summed E-state index contributed by atoms with van der Waals surface area (Å²) in [5.41, 5.74) is 4.78. The van der Waals surface area contributed by atoms with Crippen LogP contribution in [0, 0.1) is 0 Å². The minimum Gasteiger partial charge on any atom is -0.481 e. The maximum atomic E-state index is 12.5. The number of carbonyl (C=O) groups excluding carboxylic acids is 2. The molecule has 0 saturated carbocycles. The van der Waals surface area contributed by atoms with E-state index >= 15 is 0 Å². The molecule has 35 heavy (non-hydrogen) atoms. The van der Waals surface area contributed by atoms with Crippen molar-refractivity contribution in [3.63, 3.8) is 0 Å². The summed E-state index contributed by atoms with van der Waals surface area (Å²) in [5.74, 6) is -0.830. The summed E-state index contributed by atoms with van der Waals surface area (Å²) in [4.78, 5) is 39.2. The van der Waals surface area contributed by atoms with Crippen molar-refractivity contribution in [3.8, 4) is 11.1 Å². The number of ether oxygens (including phenoxy) is 1. The molecule has 2 aromatic rings. The highest BCUT2D eigenvalue weighted by Crippen LogP contribution is 2.44.